The van der Waals surface area contributed by atoms with Crippen LogP contribution in [0.1, 0.15) is 45.4 Å². The molecule has 1 unspecified atom stereocenters. The predicted octanol–water partition coefficient (Wildman–Crippen LogP) is 0.261. The summed E-state index contributed by atoms with van der Waals surface area (Å²) >= 11 is 0. The Morgan fingerprint density at radius 3 is 2.12 bits per heavy atom. The fourth-order valence-electron chi connectivity index (χ4n) is 1.71. The smallest absolute Gasteiger partial charge is 0.135 e. The molecule has 1 aliphatic rings. The zero-order valence-corrected chi connectivity index (χ0v) is 10.2. The normalized spacial score (nSPS) is 19.6. The van der Waals surface area contributed by atoms with Crippen molar-refractivity contribution >= 4 is 49.5 Å². The largest absolute Gasteiger partial charge is 0.299 e. The fourth-order valence-corrected chi connectivity index (χ4v) is 1.71. The van der Waals surface area contributed by atoms with Gasteiger partial charge in [0.1, 0.15) is 5.78 Å². The first kappa shape index (κ1) is 16.1. The molecule has 7 heteroatoms. The van der Waals surface area contributed by atoms with Crippen LogP contribution in [0, 0.1) is 5.92 Å². The second-order valence-corrected chi connectivity index (χ2v) is 4.35. The van der Waals surface area contributed by atoms with Crippen molar-refractivity contribution in [1.29, 1.82) is 0 Å². The van der Waals surface area contributed by atoms with Crippen LogP contribution in [0.2, 0.25) is 0 Å². The first-order chi connectivity index (χ1) is 7.49. The predicted molar refractivity (Wildman–Crippen MR) is 76.4 cm³/mol. The van der Waals surface area contributed by atoms with Crippen LogP contribution >= 0.6 is 0 Å². The van der Waals surface area contributed by atoms with Crippen molar-refractivity contribution in [2.45, 2.75) is 45.4 Å². The number of hydrogen-bond donors (Lipinski definition) is 0. The van der Waals surface area contributed by atoms with Gasteiger partial charge in [-0.3, -0.25) is 4.79 Å². The zero-order valence-electron chi connectivity index (χ0n) is 10.2. The van der Waals surface area contributed by atoms with Gasteiger partial charge in [-0.1, -0.05) is 19.8 Å². The summed E-state index contributed by atoms with van der Waals surface area (Å²) in [7, 11) is 19.9. The summed E-state index contributed by atoms with van der Waals surface area (Å²) in [4.78, 5) is 11.2. The van der Waals surface area contributed by atoms with E-state index in [4.69, 9.17) is 30.9 Å². The Labute approximate surface area is 106 Å². The first-order valence-electron chi connectivity index (χ1n) is 6.04. The molecule has 76 valence electrons. The lowest BCUT2D eigenvalue weighted by Gasteiger charge is -2.19. The van der Waals surface area contributed by atoms with Gasteiger partial charge in [-0.2, -0.15) is 0 Å². The minimum atomic E-state index is -0.593. The highest BCUT2D eigenvalue weighted by Crippen LogP contribution is 2.23. The first-order valence-corrected chi connectivity index (χ1v) is 6.04. The van der Waals surface area contributed by atoms with Gasteiger partial charge in [0, 0.05) is 56.1 Å². The van der Waals surface area contributed by atoms with Crippen LogP contribution in [-0.2, 0) is 4.79 Å². The maximum absolute atomic E-state index is 11.2. The summed E-state index contributed by atoms with van der Waals surface area (Å²) in [5, 5.41) is 0. The number of Topliss-reactive ketones (excluding diaryl/α,β-unsaturated/α-hetero) is 1. The van der Waals surface area contributed by atoms with Crippen LogP contribution in [0.5, 0.6) is 0 Å². The van der Waals surface area contributed by atoms with E-state index in [2.05, 4.69) is 6.92 Å². The van der Waals surface area contributed by atoms with Crippen LogP contribution in [-0.4, -0.2) is 49.5 Å². The lowest BCUT2D eigenvalue weighted by Crippen LogP contribution is -2.38. The molecule has 0 amide bonds. The van der Waals surface area contributed by atoms with Crippen molar-refractivity contribution in [2.75, 3.05) is 0 Å². The number of rotatable bonds is 3. The van der Waals surface area contributed by atoms with Crippen LogP contribution < -0.4 is 0 Å². The van der Waals surface area contributed by atoms with Crippen LogP contribution in [0.25, 0.3) is 0 Å². The summed E-state index contributed by atoms with van der Waals surface area (Å²) in [6.45, 7) is 2.15. The third-order valence-corrected chi connectivity index (χ3v) is 2.76. The summed E-state index contributed by atoms with van der Waals surface area (Å²) in [5.41, 5.74) is 0. The van der Waals surface area contributed by atoms with Crippen molar-refractivity contribution in [1.82, 2.24) is 0 Å². The van der Waals surface area contributed by atoms with E-state index in [1.165, 1.54) is 6.42 Å². The topological polar surface area (TPSA) is 17.1 Å². The van der Waals surface area contributed by atoms with E-state index in [0.29, 0.717) is 11.7 Å². The molecular weight excluding hydrogens is 189 g/mol. The molecule has 0 aromatic heterocycles. The molecule has 1 fully saturated rings. The van der Waals surface area contributed by atoms with Gasteiger partial charge in [0.25, 0.3) is 0 Å². The highest BCUT2D eigenvalue weighted by Gasteiger charge is 2.20. The molecule has 0 aliphatic heterocycles. The van der Waals surface area contributed by atoms with Gasteiger partial charge in [0.05, 0.1) is 0 Å². The molecule has 1 atom stereocenters. The zero-order chi connectivity index (χ0) is 12.6. The third-order valence-electron chi connectivity index (χ3n) is 2.76. The standard InChI is InChI=1S/C9H16O.B6/c1-2-5-8-6-3-4-7-9(8)10;1-5(2)6(3)4/h8H,2-7H2,1H3;. The van der Waals surface area contributed by atoms with Gasteiger partial charge in [-0.05, 0) is 19.3 Å². The molecule has 0 spiro atoms. The van der Waals surface area contributed by atoms with Crippen molar-refractivity contribution in [2.24, 2.45) is 5.92 Å². The Balaban J connectivity index is 0.000000325. The van der Waals surface area contributed by atoms with Gasteiger partial charge in [-0.15, -0.1) is 0 Å². The van der Waals surface area contributed by atoms with Crippen LogP contribution in [0.4, 0.5) is 0 Å². The molecule has 0 aromatic rings. The van der Waals surface area contributed by atoms with Gasteiger partial charge in [-0.25, -0.2) is 0 Å². The molecule has 8 radical (unpaired) electrons. The highest BCUT2D eigenvalue weighted by molar-refractivity contribution is 7.76. The number of hydrogen-bond acceptors (Lipinski definition) is 1. The van der Waals surface area contributed by atoms with Gasteiger partial charge in [0.15, 0.2) is 0 Å². The molecule has 0 saturated heterocycles. The van der Waals surface area contributed by atoms with E-state index in [1.807, 2.05) is 0 Å². The van der Waals surface area contributed by atoms with Crippen LogP contribution in [0.15, 0.2) is 0 Å². The number of carbonyl (C=O) groups is 1. The Kier molecular flexibility index (Phi) is 9.16. The monoisotopic (exact) mass is 206 g/mol. The number of carbonyl (C=O) groups excluding carboxylic acids is 1. The van der Waals surface area contributed by atoms with E-state index in [0.717, 1.165) is 32.1 Å². The maximum atomic E-state index is 11.2. The molecular formula is C9H16B6O. The Bertz CT molecular complexity index is 188. The summed E-state index contributed by atoms with van der Waals surface area (Å²) in [6.07, 6.45) is 5.53. The minimum Gasteiger partial charge on any atom is -0.299 e. The molecule has 1 rings (SSSR count). The molecule has 1 aliphatic carbocycles. The molecule has 0 N–H and O–H groups in total. The van der Waals surface area contributed by atoms with E-state index in [1.54, 1.807) is 0 Å². The minimum absolute atomic E-state index is 0.429. The molecule has 0 heterocycles. The van der Waals surface area contributed by atoms with E-state index in [-0.39, 0.29) is 0 Å². The van der Waals surface area contributed by atoms with Crippen molar-refractivity contribution in [3.05, 3.63) is 0 Å². The lowest BCUT2D eigenvalue weighted by molar-refractivity contribution is -0.124. The second-order valence-electron chi connectivity index (χ2n) is 4.35. The lowest BCUT2D eigenvalue weighted by atomic mass is 8.81. The molecule has 1 saturated carbocycles. The highest BCUT2D eigenvalue weighted by atomic mass is 16.1. The Morgan fingerprint density at radius 1 is 1.19 bits per heavy atom. The van der Waals surface area contributed by atoms with E-state index in [9.17, 15) is 4.79 Å². The Morgan fingerprint density at radius 2 is 1.75 bits per heavy atom. The summed E-state index contributed by atoms with van der Waals surface area (Å²) < 4.78 is 0. The van der Waals surface area contributed by atoms with Crippen molar-refractivity contribution in [3.63, 3.8) is 0 Å². The van der Waals surface area contributed by atoms with Gasteiger partial charge >= 0.3 is 0 Å². The Hall–Kier alpha value is 0.0596. The average molecular weight is 205 g/mol. The molecule has 16 heavy (non-hydrogen) atoms. The quantitative estimate of drug-likeness (QED) is 0.604. The summed E-state index contributed by atoms with van der Waals surface area (Å²) in [6, 6.07) is 0. The van der Waals surface area contributed by atoms with Gasteiger partial charge < -0.3 is 0 Å². The second kappa shape index (κ2) is 9.13. The number of ketones is 1. The molecule has 1 nitrogen and oxygen atoms in total. The molecule has 0 bridgehead atoms. The van der Waals surface area contributed by atoms with E-state index < -0.39 is 12.8 Å². The average Bonchev–Trinajstić information content (AvgIpc) is 2.22. The molecule has 0 aromatic carbocycles. The van der Waals surface area contributed by atoms with Crippen molar-refractivity contribution < 1.29 is 4.79 Å². The van der Waals surface area contributed by atoms with Crippen LogP contribution in [0.3, 0.4) is 0 Å². The van der Waals surface area contributed by atoms with Crippen molar-refractivity contribution in [3.8, 4) is 0 Å². The summed E-state index contributed by atoms with van der Waals surface area (Å²) in [5.74, 6) is 0.951. The van der Waals surface area contributed by atoms with E-state index >= 15 is 0 Å². The van der Waals surface area contributed by atoms with Gasteiger partial charge in [0.2, 0.25) is 0 Å². The fraction of sp³-hybridized carbons (Fsp3) is 0.889. The third kappa shape index (κ3) is 7.35. The maximum Gasteiger partial charge on any atom is 0.135 e. The SMILES string of the molecule is CCCC1CCCCC1=O.[B]B([B])B([B])[B].